The van der Waals surface area contributed by atoms with Crippen molar-refractivity contribution in [2.24, 2.45) is 11.5 Å². The number of carbonyl (C=O) groups excluding carboxylic acids is 1. The van der Waals surface area contributed by atoms with Crippen LogP contribution in [0.4, 0.5) is 4.39 Å². The molecule has 0 aliphatic rings. The molecule has 3 atom stereocenters. The van der Waals surface area contributed by atoms with E-state index in [0.29, 0.717) is 17.5 Å². The van der Waals surface area contributed by atoms with Crippen LogP contribution in [0.2, 0.25) is 0 Å². The normalized spacial score (nSPS) is 14.0. The minimum absolute atomic E-state index is 0.0695. The number of benzene rings is 3. The van der Waals surface area contributed by atoms with Gasteiger partial charge in [0.15, 0.2) is 11.7 Å². The number of rotatable bonds is 9. The Hall–Kier alpha value is -3.59. The Bertz CT molecular complexity index is 1240. The molecule has 176 valence electrons. The number of fused-ring (bicyclic) bond motifs is 1. The highest BCUT2D eigenvalue weighted by Crippen LogP contribution is 2.28. The average Bonchev–Trinajstić information content (AvgIpc) is 3.28. The molecule has 1 aromatic heterocycles. The fraction of sp³-hybridized carbons (Fsp3) is 0.231. The summed E-state index contributed by atoms with van der Waals surface area (Å²) in [5.74, 6) is -0.748. The highest BCUT2D eigenvalue weighted by Gasteiger charge is 2.29. The maximum absolute atomic E-state index is 13.3. The van der Waals surface area contributed by atoms with E-state index in [0.717, 1.165) is 16.7 Å². The van der Waals surface area contributed by atoms with Gasteiger partial charge in [-0.2, -0.15) is 0 Å². The van der Waals surface area contributed by atoms with Crippen molar-refractivity contribution in [2.45, 2.75) is 31.0 Å². The number of aliphatic hydroxyl groups is 1. The molecule has 34 heavy (non-hydrogen) atoms. The number of nitrogens with one attached hydrogen (secondary N) is 1. The predicted octanol–water partition coefficient (Wildman–Crippen LogP) is 3.07. The molecule has 8 heteroatoms. The molecule has 0 aliphatic heterocycles. The third-order valence-corrected chi connectivity index (χ3v) is 5.66. The summed E-state index contributed by atoms with van der Waals surface area (Å²) in [4.78, 5) is 17.1. The molecule has 0 saturated carbocycles. The molecular weight excluding hydrogens is 435 g/mol. The molecule has 0 fully saturated rings. The Morgan fingerprint density at radius 1 is 1.06 bits per heavy atom. The van der Waals surface area contributed by atoms with Crippen molar-refractivity contribution in [1.29, 1.82) is 0 Å². The number of aromatic nitrogens is 1. The van der Waals surface area contributed by atoms with Gasteiger partial charge in [0, 0.05) is 0 Å². The third kappa shape index (κ3) is 5.48. The smallest absolute Gasteiger partial charge is 0.237 e. The number of aliphatic hydroxyl groups excluding tert-OH is 1. The van der Waals surface area contributed by atoms with Gasteiger partial charge in [-0.3, -0.25) is 4.79 Å². The van der Waals surface area contributed by atoms with Gasteiger partial charge in [-0.25, -0.2) is 9.37 Å². The summed E-state index contributed by atoms with van der Waals surface area (Å²) >= 11 is 0. The molecule has 1 unspecified atom stereocenters. The van der Waals surface area contributed by atoms with Crippen LogP contribution in [-0.4, -0.2) is 34.6 Å². The number of oxazole rings is 1. The predicted molar refractivity (Wildman–Crippen MR) is 128 cm³/mol. The summed E-state index contributed by atoms with van der Waals surface area (Å²) in [6.07, 6.45) is -0.737. The number of amides is 1. The van der Waals surface area contributed by atoms with Gasteiger partial charge in [-0.05, 0) is 60.3 Å². The fourth-order valence-corrected chi connectivity index (χ4v) is 3.77. The summed E-state index contributed by atoms with van der Waals surface area (Å²) in [5.41, 5.74) is 15.2. The molecule has 1 heterocycles. The van der Waals surface area contributed by atoms with Crippen LogP contribution in [-0.2, 0) is 11.2 Å². The summed E-state index contributed by atoms with van der Waals surface area (Å²) in [5, 5.41) is 13.9. The molecule has 6 N–H and O–H groups in total. The number of carbonyl (C=O) groups is 1. The van der Waals surface area contributed by atoms with E-state index >= 15 is 0 Å². The molecule has 1 amide bonds. The minimum atomic E-state index is -1.26. The summed E-state index contributed by atoms with van der Waals surface area (Å²) in [7, 11) is 0. The molecule has 0 radical (unpaired) electrons. The number of nitrogens with two attached hydrogens (primary N) is 2. The van der Waals surface area contributed by atoms with E-state index in [1.54, 1.807) is 18.2 Å². The SMILES string of the molecule is NCC[C@@H](N)C(=O)N[C@H](Cc1ccc(F)cc1)C(O)c1nc2cc(-c3ccccc3)ccc2o1. The fourth-order valence-electron chi connectivity index (χ4n) is 3.77. The highest BCUT2D eigenvalue weighted by atomic mass is 19.1. The van der Waals surface area contributed by atoms with Gasteiger partial charge in [-0.1, -0.05) is 48.5 Å². The lowest BCUT2D eigenvalue weighted by Crippen LogP contribution is -2.49. The number of nitrogens with zero attached hydrogens (tertiary/aromatic N) is 1. The Balaban J connectivity index is 1.61. The zero-order chi connectivity index (χ0) is 24.1. The summed E-state index contributed by atoms with van der Waals surface area (Å²) in [6.45, 7) is 0.259. The lowest BCUT2D eigenvalue weighted by molar-refractivity contribution is -0.124. The zero-order valence-electron chi connectivity index (χ0n) is 18.5. The quantitative estimate of drug-likeness (QED) is 0.303. The molecular formula is C26H27FN4O3. The lowest BCUT2D eigenvalue weighted by atomic mass is 10.00. The third-order valence-electron chi connectivity index (χ3n) is 5.66. The van der Waals surface area contributed by atoms with Gasteiger partial charge in [0.1, 0.15) is 11.3 Å². The van der Waals surface area contributed by atoms with Gasteiger partial charge < -0.3 is 26.3 Å². The lowest BCUT2D eigenvalue weighted by Gasteiger charge is -2.24. The van der Waals surface area contributed by atoms with Crippen molar-refractivity contribution in [2.75, 3.05) is 6.54 Å². The van der Waals surface area contributed by atoms with Gasteiger partial charge in [0.2, 0.25) is 11.8 Å². The maximum atomic E-state index is 13.3. The van der Waals surface area contributed by atoms with Gasteiger partial charge >= 0.3 is 0 Å². The molecule has 0 saturated heterocycles. The summed E-state index contributed by atoms with van der Waals surface area (Å²) < 4.78 is 19.2. The molecule has 0 aliphatic carbocycles. The molecule has 0 bridgehead atoms. The average molecular weight is 463 g/mol. The zero-order valence-corrected chi connectivity index (χ0v) is 18.5. The van der Waals surface area contributed by atoms with Crippen molar-refractivity contribution < 1.29 is 18.7 Å². The Morgan fingerprint density at radius 3 is 2.50 bits per heavy atom. The Morgan fingerprint density at radius 2 is 1.79 bits per heavy atom. The number of hydrogen-bond acceptors (Lipinski definition) is 6. The van der Waals surface area contributed by atoms with Crippen LogP contribution in [0.25, 0.3) is 22.2 Å². The van der Waals surface area contributed by atoms with Crippen LogP contribution in [0.3, 0.4) is 0 Å². The monoisotopic (exact) mass is 462 g/mol. The first-order chi connectivity index (χ1) is 16.4. The van der Waals surface area contributed by atoms with Gasteiger partial charge in [0.25, 0.3) is 0 Å². The first-order valence-electron chi connectivity index (χ1n) is 11.1. The van der Waals surface area contributed by atoms with Crippen LogP contribution in [0.5, 0.6) is 0 Å². The van der Waals surface area contributed by atoms with E-state index in [4.69, 9.17) is 15.9 Å². The van der Waals surface area contributed by atoms with Crippen LogP contribution in [0, 0.1) is 5.82 Å². The first kappa shape index (κ1) is 23.6. The Kier molecular flexibility index (Phi) is 7.32. The van der Waals surface area contributed by atoms with Crippen molar-refractivity contribution in [3.8, 4) is 11.1 Å². The minimum Gasteiger partial charge on any atom is -0.438 e. The molecule has 4 rings (SSSR count). The second kappa shape index (κ2) is 10.6. The second-order valence-electron chi connectivity index (χ2n) is 8.17. The topological polar surface area (TPSA) is 127 Å². The van der Waals surface area contributed by atoms with Crippen LogP contribution in [0.15, 0.2) is 77.2 Å². The van der Waals surface area contributed by atoms with Crippen molar-refractivity contribution in [3.63, 3.8) is 0 Å². The van der Waals surface area contributed by atoms with Crippen molar-refractivity contribution in [1.82, 2.24) is 10.3 Å². The van der Waals surface area contributed by atoms with E-state index in [1.807, 2.05) is 42.5 Å². The second-order valence-corrected chi connectivity index (χ2v) is 8.17. The standard InChI is InChI=1S/C26H27FN4O3/c27-19-9-6-16(7-10-19)14-22(30-25(33)20(29)12-13-28)24(32)26-31-21-15-18(8-11-23(21)34-26)17-4-2-1-3-5-17/h1-11,15,20,22,24,32H,12-14,28-29H2,(H,30,33)/t20-,22-,24?/m1/s1. The van der Waals surface area contributed by atoms with Crippen LogP contribution >= 0.6 is 0 Å². The molecule has 7 nitrogen and oxygen atoms in total. The maximum Gasteiger partial charge on any atom is 0.237 e. The van der Waals surface area contributed by atoms with E-state index in [2.05, 4.69) is 10.3 Å². The van der Waals surface area contributed by atoms with Crippen molar-refractivity contribution in [3.05, 3.63) is 90.1 Å². The van der Waals surface area contributed by atoms with Crippen LogP contribution in [0.1, 0.15) is 24.0 Å². The van der Waals surface area contributed by atoms with E-state index < -0.39 is 24.1 Å². The highest BCUT2D eigenvalue weighted by molar-refractivity contribution is 5.82. The molecule has 0 spiro atoms. The molecule has 3 aromatic carbocycles. The van der Waals surface area contributed by atoms with Gasteiger partial charge in [0.05, 0.1) is 12.1 Å². The Labute approximate surface area is 196 Å². The van der Waals surface area contributed by atoms with E-state index in [9.17, 15) is 14.3 Å². The number of halogens is 1. The first-order valence-corrected chi connectivity index (χ1v) is 11.1. The largest absolute Gasteiger partial charge is 0.438 e. The number of hydrogen-bond donors (Lipinski definition) is 4. The van der Waals surface area contributed by atoms with Crippen LogP contribution < -0.4 is 16.8 Å². The molecule has 4 aromatic rings. The van der Waals surface area contributed by atoms with E-state index in [1.165, 1.54) is 12.1 Å². The summed E-state index contributed by atoms with van der Waals surface area (Å²) in [6, 6.07) is 19.7. The van der Waals surface area contributed by atoms with E-state index in [-0.39, 0.29) is 24.7 Å². The van der Waals surface area contributed by atoms with Gasteiger partial charge in [-0.15, -0.1) is 0 Å². The van der Waals surface area contributed by atoms with Crippen molar-refractivity contribution >= 4 is 17.0 Å².